The van der Waals surface area contributed by atoms with Crippen molar-refractivity contribution in [1.29, 1.82) is 0 Å². The van der Waals surface area contributed by atoms with Gasteiger partial charge in [-0.3, -0.25) is 4.79 Å². The van der Waals surface area contributed by atoms with E-state index in [1.807, 2.05) is 0 Å². The van der Waals surface area contributed by atoms with Gasteiger partial charge in [-0.2, -0.15) is 0 Å². The van der Waals surface area contributed by atoms with Crippen LogP contribution in [0.4, 0.5) is 0 Å². The second kappa shape index (κ2) is 7.68. The SMILES string of the molecule is CC(=O)OC1CSC(C(=O)O[C@@H]2C[C@H](C)CC[C@@H]2C(C)C)O1. The van der Waals surface area contributed by atoms with Crippen LogP contribution in [0.2, 0.25) is 0 Å². The highest BCUT2D eigenvalue weighted by Crippen LogP contribution is 2.36. The molecule has 0 amide bonds. The lowest BCUT2D eigenvalue weighted by Crippen LogP contribution is -2.38. The fourth-order valence-electron chi connectivity index (χ4n) is 3.21. The van der Waals surface area contributed by atoms with Crippen LogP contribution in [0.25, 0.3) is 0 Å². The highest BCUT2D eigenvalue weighted by Gasteiger charge is 2.39. The van der Waals surface area contributed by atoms with E-state index in [2.05, 4.69) is 20.8 Å². The number of hydrogen-bond donors (Lipinski definition) is 0. The summed E-state index contributed by atoms with van der Waals surface area (Å²) in [4.78, 5) is 23.2. The van der Waals surface area contributed by atoms with Crippen LogP contribution in [-0.2, 0) is 23.8 Å². The third kappa shape index (κ3) is 4.62. The van der Waals surface area contributed by atoms with Gasteiger partial charge < -0.3 is 14.2 Å². The van der Waals surface area contributed by atoms with Gasteiger partial charge in [0.05, 0.1) is 5.75 Å². The normalized spacial score (nSPS) is 35.4. The molecule has 5 atom stereocenters. The van der Waals surface area contributed by atoms with Gasteiger partial charge >= 0.3 is 11.9 Å². The maximum atomic E-state index is 12.3. The summed E-state index contributed by atoms with van der Waals surface area (Å²) in [6.07, 6.45) is 2.53. The van der Waals surface area contributed by atoms with Crippen LogP contribution in [0.15, 0.2) is 0 Å². The average molecular weight is 330 g/mol. The summed E-state index contributed by atoms with van der Waals surface area (Å²) in [5.74, 6) is 1.21. The Morgan fingerprint density at radius 2 is 1.95 bits per heavy atom. The molecule has 2 aliphatic rings. The highest BCUT2D eigenvalue weighted by molar-refractivity contribution is 8.00. The zero-order chi connectivity index (χ0) is 16.3. The molecule has 5 nitrogen and oxygen atoms in total. The Bertz CT molecular complexity index is 411. The summed E-state index contributed by atoms with van der Waals surface area (Å²) in [5, 5.41) is 0. The van der Waals surface area contributed by atoms with Crippen molar-refractivity contribution in [3.63, 3.8) is 0 Å². The van der Waals surface area contributed by atoms with Gasteiger partial charge in [-0.05, 0) is 30.6 Å². The Hall–Kier alpha value is -0.750. The predicted molar refractivity (Wildman–Crippen MR) is 84.1 cm³/mol. The Morgan fingerprint density at radius 3 is 2.59 bits per heavy atom. The molecule has 1 aliphatic heterocycles. The Morgan fingerprint density at radius 1 is 1.23 bits per heavy atom. The molecule has 0 spiro atoms. The largest absolute Gasteiger partial charge is 0.459 e. The predicted octanol–water partition coefficient (Wildman–Crippen LogP) is 2.97. The minimum atomic E-state index is -0.686. The first-order chi connectivity index (χ1) is 10.4. The number of hydrogen-bond acceptors (Lipinski definition) is 6. The van der Waals surface area contributed by atoms with Gasteiger partial charge in [0.15, 0.2) is 0 Å². The van der Waals surface area contributed by atoms with Crippen LogP contribution in [0.5, 0.6) is 0 Å². The maximum Gasteiger partial charge on any atom is 0.346 e. The third-order valence-electron chi connectivity index (χ3n) is 4.38. The minimum absolute atomic E-state index is 0.0341. The van der Waals surface area contributed by atoms with Gasteiger partial charge in [-0.1, -0.05) is 27.2 Å². The van der Waals surface area contributed by atoms with E-state index in [4.69, 9.17) is 14.2 Å². The first kappa shape index (κ1) is 17.6. The summed E-state index contributed by atoms with van der Waals surface area (Å²) < 4.78 is 16.2. The maximum absolute atomic E-state index is 12.3. The molecule has 2 rings (SSSR count). The van der Waals surface area contributed by atoms with E-state index >= 15 is 0 Å². The summed E-state index contributed by atoms with van der Waals surface area (Å²) in [7, 11) is 0. The topological polar surface area (TPSA) is 61.8 Å². The van der Waals surface area contributed by atoms with Crippen molar-refractivity contribution < 1.29 is 23.8 Å². The molecule has 0 aromatic heterocycles. The standard InChI is InChI=1S/C16H26O5S/c1-9(2)12-6-5-10(3)7-13(12)20-15(18)16-21-14(8-22-16)19-11(4)17/h9-10,12-14,16H,5-8H2,1-4H3/t10-,12-,13-,14?,16?/m1/s1. The molecule has 2 unspecified atom stereocenters. The summed E-state index contributed by atoms with van der Waals surface area (Å²) in [6.45, 7) is 7.89. The number of esters is 2. The minimum Gasteiger partial charge on any atom is -0.459 e. The van der Waals surface area contributed by atoms with E-state index in [9.17, 15) is 9.59 Å². The van der Waals surface area contributed by atoms with Crippen LogP contribution in [-0.4, -0.2) is 35.5 Å². The molecule has 0 N–H and O–H groups in total. The zero-order valence-corrected chi connectivity index (χ0v) is 14.6. The number of carbonyl (C=O) groups excluding carboxylic acids is 2. The van der Waals surface area contributed by atoms with Gasteiger partial charge in [0.2, 0.25) is 11.7 Å². The fourth-order valence-corrected chi connectivity index (χ4v) is 4.08. The van der Waals surface area contributed by atoms with E-state index in [-0.39, 0.29) is 12.1 Å². The number of rotatable bonds is 4. The number of ether oxygens (including phenoxy) is 3. The first-order valence-electron chi connectivity index (χ1n) is 8.01. The molecular weight excluding hydrogens is 304 g/mol. The molecule has 1 saturated heterocycles. The van der Waals surface area contributed by atoms with Crippen molar-refractivity contribution in [2.45, 2.75) is 64.8 Å². The molecule has 6 heteroatoms. The monoisotopic (exact) mass is 330 g/mol. The van der Waals surface area contributed by atoms with Crippen molar-refractivity contribution >= 4 is 23.7 Å². The molecule has 0 aromatic carbocycles. The van der Waals surface area contributed by atoms with Gasteiger partial charge in [0.1, 0.15) is 6.10 Å². The molecule has 22 heavy (non-hydrogen) atoms. The van der Waals surface area contributed by atoms with E-state index < -0.39 is 17.7 Å². The summed E-state index contributed by atoms with van der Waals surface area (Å²) >= 11 is 1.33. The second-order valence-corrected chi connectivity index (χ2v) is 7.74. The molecule has 126 valence electrons. The molecule has 1 aliphatic carbocycles. The van der Waals surface area contributed by atoms with Crippen LogP contribution in [0, 0.1) is 17.8 Å². The van der Waals surface area contributed by atoms with Crippen molar-refractivity contribution in [2.75, 3.05) is 5.75 Å². The smallest absolute Gasteiger partial charge is 0.346 e. The summed E-state index contributed by atoms with van der Waals surface area (Å²) in [5.41, 5.74) is -0.686. The highest BCUT2D eigenvalue weighted by atomic mass is 32.2. The van der Waals surface area contributed by atoms with Crippen molar-refractivity contribution in [1.82, 2.24) is 0 Å². The van der Waals surface area contributed by atoms with Crippen LogP contribution < -0.4 is 0 Å². The van der Waals surface area contributed by atoms with Crippen molar-refractivity contribution in [2.24, 2.45) is 17.8 Å². The van der Waals surface area contributed by atoms with Crippen molar-refractivity contribution in [3.05, 3.63) is 0 Å². The quantitative estimate of drug-likeness (QED) is 0.739. The molecule has 1 heterocycles. The average Bonchev–Trinajstić information content (AvgIpc) is 2.86. The van der Waals surface area contributed by atoms with Gasteiger partial charge in [0, 0.05) is 6.92 Å². The lowest BCUT2D eigenvalue weighted by atomic mass is 9.75. The van der Waals surface area contributed by atoms with Crippen LogP contribution in [0.3, 0.4) is 0 Å². The molecule has 0 bridgehead atoms. The van der Waals surface area contributed by atoms with E-state index in [1.165, 1.54) is 25.1 Å². The van der Waals surface area contributed by atoms with E-state index in [0.29, 0.717) is 23.5 Å². The lowest BCUT2D eigenvalue weighted by molar-refractivity contribution is -0.185. The zero-order valence-electron chi connectivity index (χ0n) is 13.7. The van der Waals surface area contributed by atoms with Crippen molar-refractivity contribution in [3.8, 4) is 0 Å². The van der Waals surface area contributed by atoms with Gasteiger partial charge in [-0.15, -0.1) is 11.8 Å². The van der Waals surface area contributed by atoms with E-state index in [0.717, 1.165) is 12.8 Å². The van der Waals surface area contributed by atoms with Gasteiger partial charge in [-0.25, -0.2) is 4.79 Å². The molecule has 0 aromatic rings. The Kier molecular flexibility index (Phi) is 6.15. The van der Waals surface area contributed by atoms with Crippen LogP contribution in [0.1, 0.15) is 47.0 Å². The summed E-state index contributed by atoms with van der Waals surface area (Å²) in [6, 6.07) is 0. The molecular formula is C16H26O5S. The fraction of sp³-hybridized carbons (Fsp3) is 0.875. The molecule has 0 radical (unpaired) electrons. The second-order valence-electron chi connectivity index (χ2n) is 6.64. The van der Waals surface area contributed by atoms with Crippen LogP contribution >= 0.6 is 11.8 Å². The Balaban J connectivity index is 1.88. The number of carbonyl (C=O) groups is 2. The molecule has 2 fully saturated rings. The molecule has 1 saturated carbocycles. The van der Waals surface area contributed by atoms with Gasteiger partial charge in [0.25, 0.3) is 0 Å². The lowest BCUT2D eigenvalue weighted by Gasteiger charge is -2.37. The number of thioether (sulfide) groups is 1. The van der Waals surface area contributed by atoms with E-state index in [1.54, 1.807) is 0 Å². The first-order valence-corrected chi connectivity index (χ1v) is 9.06. The Labute approximate surface area is 136 Å². The third-order valence-corrected chi connectivity index (χ3v) is 5.45.